The molecule has 1 saturated carbocycles. The summed E-state index contributed by atoms with van der Waals surface area (Å²) in [6.07, 6.45) is 6.75. The highest BCUT2D eigenvalue weighted by molar-refractivity contribution is 6.32. The van der Waals surface area contributed by atoms with Gasteiger partial charge in [0.2, 0.25) is 0 Å². The number of nitrogens with one attached hydrogen (secondary N) is 2. The van der Waals surface area contributed by atoms with Crippen molar-refractivity contribution < 1.29 is 9.90 Å². The Labute approximate surface area is 193 Å². The summed E-state index contributed by atoms with van der Waals surface area (Å²) in [7, 11) is 0. The van der Waals surface area contributed by atoms with Gasteiger partial charge in [0.1, 0.15) is 5.75 Å². The van der Waals surface area contributed by atoms with Gasteiger partial charge in [-0.1, -0.05) is 54.9 Å². The Bertz CT molecular complexity index is 1140. The van der Waals surface area contributed by atoms with Gasteiger partial charge in [-0.15, -0.1) is 0 Å². The van der Waals surface area contributed by atoms with Crippen molar-refractivity contribution in [2.75, 3.05) is 0 Å². The third kappa shape index (κ3) is 5.29. The van der Waals surface area contributed by atoms with Crippen molar-refractivity contribution in [3.63, 3.8) is 0 Å². The number of rotatable bonds is 6. The summed E-state index contributed by atoms with van der Waals surface area (Å²) in [4.78, 5) is 12.3. The molecule has 0 saturated heterocycles. The van der Waals surface area contributed by atoms with Gasteiger partial charge >= 0.3 is 0 Å². The first-order chi connectivity index (χ1) is 15.5. The first-order valence-corrected chi connectivity index (χ1v) is 11.4. The number of hydrogen-bond donors (Lipinski definition) is 3. The zero-order valence-corrected chi connectivity index (χ0v) is 18.9. The summed E-state index contributed by atoms with van der Waals surface area (Å²) in [5.74, 6) is 0.389. The molecule has 0 spiro atoms. The summed E-state index contributed by atoms with van der Waals surface area (Å²) in [6.45, 7) is 3.18. The van der Waals surface area contributed by atoms with E-state index in [1.807, 2.05) is 18.2 Å². The van der Waals surface area contributed by atoms with E-state index in [9.17, 15) is 9.90 Å². The molecule has 1 fully saturated rings. The minimum absolute atomic E-state index is 0.0641. The van der Waals surface area contributed by atoms with E-state index >= 15 is 0 Å². The largest absolute Gasteiger partial charge is 0.506 e. The highest BCUT2D eigenvalue weighted by Crippen LogP contribution is 2.26. The number of halogens is 1. The third-order valence-corrected chi connectivity index (χ3v) is 6.53. The van der Waals surface area contributed by atoms with Crippen LogP contribution in [0, 0.1) is 5.92 Å². The van der Waals surface area contributed by atoms with Crippen LogP contribution in [0.4, 0.5) is 0 Å². The van der Waals surface area contributed by atoms with E-state index in [0.717, 1.165) is 23.4 Å². The van der Waals surface area contributed by atoms with E-state index < -0.39 is 5.91 Å². The molecule has 1 amide bonds. The molecule has 3 aromatic rings. The fraction of sp³-hybridized carbons (Fsp3) is 0.308. The number of carbonyl (C=O) groups is 1. The van der Waals surface area contributed by atoms with Gasteiger partial charge in [0.25, 0.3) is 5.91 Å². The highest BCUT2D eigenvalue weighted by atomic mass is 35.5. The molecular weight excluding hydrogens is 422 g/mol. The Morgan fingerprint density at radius 3 is 2.59 bits per heavy atom. The van der Waals surface area contributed by atoms with E-state index in [2.05, 4.69) is 41.0 Å². The van der Waals surface area contributed by atoms with Crippen molar-refractivity contribution in [1.82, 2.24) is 10.7 Å². The molecule has 3 aromatic carbocycles. The van der Waals surface area contributed by atoms with Crippen LogP contribution in [0.15, 0.2) is 59.7 Å². The molecule has 32 heavy (non-hydrogen) atoms. The van der Waals surface area contributed by atoms with Crippen LogP contribution in [0.2, 0.25) is 5.02 Å². The monoisotopic (exact) mass is 449 g/mol. The SMILES string of the molecule is CC1CCC(NCc2ccc(C=NNC(=O)c3ccc(O)c(Cl)c3)c3ccccc23)CC1. The van der Waals surface area contributed by atoms with E-state index in [-0.39, 0.29) is 10.8 Å². The average molecular weight is 450 g/mol. The molecule has 166 valence electrons. The normalized spacial score (nSPS) is 18.8. The van der Waals surface area contributed by atoms with Crippen LogP contribution in [0.3, 0.4) is 0 Å². The maximum atomic E-state index is 12.3. The van der Waals surface area contributed by atoms with Gasteiger partial charge in [0.15, 0.2) is 0 Å². The lowest BCUT2D eigenvalue weighted by Crippen LogP contribution is -2.32. The molecule has 1 aliphatic carbocycles. The number of phenolic OH excluding ortho intramolecular Hbond substituents is 1. The van der Waals surface area contributed by atoms with Gasteiger partial charge < -0.3 is 10.4 Å². The standard InChI is InChI=1S/C26H28ClN3O2/c1-17-6-11-21(12-7-17)28-15-19-8-9-20(23-5-3-2-4-22(19)23)16-29-30-26(32)18-10-13-25(31)24(27)14-18/h2-5,8-10,13-14,16-17,21,28,31H,6-7,11-12,15H2,1H3,(H,30,32). The molecule has 4 rings (SSSR count). The number of nitrogens with zero attached hydrogens (tertiary/aromatic N) is 1. The van der Waals surface area contributed by atoms with Crippen LogP contribution in [0.25, 0.3) is 10.8 Å². The number of hydrogen-bond acceptors (Lipinski definition) is 4. The average Bonchev–Trinajstić information content (AvgIpc) is 2.81. The van der Waals surface area contributed by atoms with E-state index in [1.54, 1.807) is 6.21 Å². The summed E-state index contributed by atoms with van der Waals surface area (Å²) in [6, 6.07) is 17.3. The lowest BCUT2D eigenvalue weighted by atomic mass is 9.87. The quantitative estimate of drug-likeness (QED) is 0.337. The van der Waals surface area contributed by atoms with Gasteiger partial charge in [-0.2, -0.15) is 5.10 Å². The Morgan fingerprint density at radius 2 is 1.84 bits per heavy atom. The van der Waals surface area contributed by atoms with Crippen LogP contribution < -0.4 is 10.7 Å². The number of amides is 1. The molecule has 0 atom stereocenters. The van der Waals surface area contributed by atoms with E-state index in [1.165, 1.54) is 54.8 Å². The summed E-state index contributed by atoms with van der Waals surface area (Å²) < 4.78 is 0. The highest BCUT2D eigenvalue weighted by Gasteiger charge is 2.18. The molecule has 0 bridgehead atoms. The molecule has 0 aromatic heterocycles. The number of aromatic hydroxyl groups is 1. The van der Waals surface area contributed by atoms with Crippen LogP contribution in [-0.2, 0) is 6.54 Å². The van der Waals surface area contributed by atoms with Crippen LogP contribution >= 0.6 is 11.6 Å². The number of carbonyl (C=O) groups excluding carboxylic acids is 1. The molecule has 5 nitrogen and oxygen atoms in total. The lowest BCUT2D eigenvalue weighted by molar-refractivity contribution is 0.0955. The van der Waals surface area contributed by atoms with Crippen LogP contribution in [0.1, 0.15) is 54.1 Å². The molecule has 0 aliphatic heterocycles. The van der Waals surface area contributed by atoms with Crippen molar-refractivity contribution in [1.29, 1.82) is 0 Å². The molecular formula is C26H28ClN3O2. The first kappa shape index (κ1) is 22.3. The Hall–Kier alpha value is -2.89. The molecule has 0 radical (unpaired) electrons. The van der Waals surface area contributed by atoms with E-state index in [4.69, 9.17) is 11.6 Å². The van der Waals surface area contributed by atoms with Crippen molar-refractivity contribution in [2.24, 2.45) is 11.0 Å². The van der Waals surface area contributed by atoms with Gasteiger partial charge in [-0.25, -0.2) is 5.43 Å². The zero-order valence-electron chi connectivity index (χ0n) is 18.1. The fourth-order valence-electron chi connectivity index (χ4n) is 4.24. The second-order valence-corrected chi connectivity index (χ2v) is 8.97. The zero-order chi connectivity index (χ0) is 22.5. The van der Waals surface area contributed by atoms with Crippen molar-refractivity contribution in [3.05, 3.63) is 76.3 Å². The van der Waals surface area contributed by atoms with E-state index in [0.29, 0.717) is 11.6 Å². The van der Waals surface area contributed by atoms with Crippen molar-refractivity contribution in [3.8, 4) is 5.75 Å². The first-order valence-electron chi connectivity index (χ1n) is 11.1. The fourth-order valence-corrected chi connectivity index (χ4v) is 4.42. The number of benzene rings is 3. The topological polar surface area (TPSA) is 73.7 Å². The molecule has 0 unspecified atom stereocenters. The molecule has 0 heterocycles. The Morgan fingerprint density at radius 1 is 1.09 bits per heavy atom. The van der Waals surface area contributed by atoms with Crippen LogP contribution in [-0.4, -0.2) is 23.3 Å². The predicted molar refractivity (Wildman–Crippen MR) is 130 cm³/mol. The van der Waals surface area contributed by atoms with Crippen LogP contribution in [0.5, 0.6) is 5.75 Å². The second kappa shape index (κ2) is 10.2. The summed E-state index contributed by atoms with van der Waals surface area (Å²) in [5.41, 5.74) is 5.04. The van der Waals surface area contributed by atoms with Gasteiger partial charge in [-0.3, -0.25) is 4.79 Å². The molecule has 3 N–H and O–H groups in total. The predicted octanol–water partition coefficient (Wildman–Crippen LogP) is 5.63. The summed E-state index contributed by atoms with van der Waals surface area (Å²) in [5, 5.41) is 19.8. The van der Waals surface area contributed by atoms with Gasteiger partial charge in [0.05, 0.1) is 11.2 Å². The van der Waals surface area contributed by atoms with Crippen molar-refractivity contribution in [2.45, 2.75) is 45.2 Å². The van der Waals surface area contributed by atoms with Crippen molar-refractivity contribution >= 4 is 34.5 Å². The molecule has 6 heteroatoms. The lowest BCUT2D eigenvalue weighted by Gasteiger charge is -2.27. The Balaban J connectivity index is 1.45. The number of fused-ring (bicyclic) bond motifs is 1. The maximum absolute atomic E-state index is 12.3. The number of phenols is 1. The number of hydrazone groups is 1. The maximum Gasteiger partial charge on any atom is 0.271 e. The summed E-state index contributed by atoms with van der Waals surface area (Å²) >= 11 is 5.88. The minimum atomic E-state index is -0.393. The molecule has 1 aliphatic rings. The van der Waals surface area contributed by atoms with Gasteiger partial charge in [0, 0.05) is 23.7 Å². The smallest absolute Gasteiger partial charge is 0.271 e. The minimum Gasteiger partial charge on any atom is -0.506 e. The Kier molecular flexibility index (Phi) is 7.08. The second-order valence-electron chi connectivity index (χ2n) is 8.56. The third-order valence-electron chi connectivity index (χ3n) is 6.22. The van der Waals surface area contributed by atoms with Gasteiger partial charge in [-0.05, 0) is 66.1 Å².